The van der Waals surface area contributed by atoms with Gasteiger partial charge in [-0.05, 0) is 29.8 Å². The van der Waals surface area contributed by atoms with E-state index in [1.54, 1.807) is 6.20 Å². The Morgan fingerprint density at radius 2 is 2.25 bits per heavy atom. The van der Waals surface area contributed by atoms with Crippen LogP contribution in [-0.4, -0.2) is 31.1 Å². The van der Waals surface area contributed by atoms with Crippen molar-refractivity contribution in [2.45, 2.75) is 13.8 Å². The van der Waals surface area contributed by atoms with Crippen molar-refractivity contribution in [3.63, 3.8) is 0 Å². The summed E-state index contributed by atoms with van der Waals surface area (Å²) >= 11 is 2.86. The van der Waals surface area contributed by atoms with Crippen molar-refractivity contribution in [1.82, 2.24) is 25.2 Å². The van der Waals surface area contributed by atoms with Crippen LogP contribution in [0.1, 0.15) is 20.8 Å². The van der Waals surface area contributed by atoms with Gasteiger partial charge in [0.2, 0.25) is 0 Å². The lowest BCUT2D eigenvalue weighted by molar-refractivity contribution is 0.102. The molecule has 9 heteroatoms. The number of tetrazole rings is 1. The summed E-state index contributed by atoms with van der Waals surface area (Å²) in [6.45, 7) is 3.88. The van der Waals surface area contributed by atoms with Crippen LogP contribution in [0.15, 0.2) is 17.9 Å². The zero-order chi connectivity index (χ0) is 14.1. The number of carbonyl (C=O) groups excluding carboxylic acids is 1. The zero-order valence-electron chi connectivity index (χ0n) is 10.7. The molecule has 1 N–H and O–H groups in total. The van der Waals surface area contributed by atoms with Gasteiger partial charge in [0, 0.05) is 16.5 Å². The normalized spacial score (nSPS) is 10.7. The van der Waals surface area contributed by atoms with Crippen LogP contribution in [0.4, 0.5) is 5.13 Å². The smallest absolute Gasteiger partial charge is 0.260 e. The van der Waals surface area contributed by atoms with Gasteiger partial charge in [-0.2, -0.15) is 4.68 Å². The van der Waals surface area contributed by atoms with Crippen LogP contribution in [-0.2, 0) is 0 Å². The molecule has 0 aliphatic carbocycles. The zero-order valence-corrected chi connectivity index (χ0v) is 12.3. The van der Waals surface area contributed by atoms with Crippen LogP contribution < -0.4 is 5.32 Å². The molecule has 20 heavy (non-hydrogen) atoms. The van der Waals surface area contributed by atoms with Gasteiger partial charge in [0.25, 0.3) is 5.91 Å². The largest absolute Gasteiger partial charge is 0.298 e. The van der Waals surface area contributed by atoms with Gasteiger partial charge in [0.1, 0.15) is 11.3 Å². The fraction of sp³-hybridized carbons (Fsp3) is 0.182. The highest BCUT2D eigenvalue weighted by molar-refractivity contribution is 7.15. The maximum atomic E-state index is 12.4. The number of thiazole rings is 1. The summed E-state index contributed by atoms with van der Waals surface area (Å²) in [5.41, 5.74) is 1.50. The lowest BCUT2D eigenvalue weighted by Gasteiger charge is -2.04. The van der Waals surface area contributed by atoms with E-state index >= 15 is 0 Å². The van der Waals surface area contributed by atoms with Crippen LogP contribution in [0.5, 0.6) is 0 Å². The van der Waals surface area contributed by atoms with E-state index in [4.69, 9.17) is 0 Å². The van der Waals surface area contributed by atoms with Crippen LogP contribution in [0.2, 0.25) is 0 Å². The van der Waals surface area contributed by atoms with E-state index in [2.05, 4.69) is 25.8 Å². The predicted molar refractivity (Wildman–Crippen MR) is 76.6 cm³/mol. The lowest BCUT2D eigenvalue weighted by Crippen LogP contribution is -2.14. The number of amides is 1. The Balaban J connectivity index is 2.02. The second-order valence-corrected chi connectivity index (χ2v) is 6.11. The maximum Gasteiger partial charge on any atom is 0.260 e. The molecule has 0 radical (unpaired) electrons. The van der Waals surface area contributed by atoms with E-state index < -0.39 is 0 Å². The van der Waals surface area contributed by atoms with E-state index in [1.807, 2.05) is 19.2 Å². The first-order chi connectivity index (χ1) is 9.66. The molecule has 0 aromatic carbocycles. The van der Waals surface area contributed by atoms with Gasteiger partial charge in [-0.15, -0.1) is 27.8 Å². The molecule has 102 valence electrons. The molecule has 0 bridgehead atoms. The minimum Gasteiger partial charge on any atom is -0.298 e. The van der Waals surface area contributed by atoms with Gasteiger partial charge in [-0.25, -0.2) is 4.98 Å². The molecular formula is C11H10N6OS2. The molecule has 0 saturated heterocycles. The number of hydrogen-bond acceptors (Lipinski definition) is 7. The van der Waals surface area contributed by atoms with E-state index in [0.717, 1.165) is 10.4 Å². The molecule has 0 fully saturated rings. The average Bonchev–Trinajstić information content (AvgIpc) is 3.12. The van der Waals surface area contributed by atoms with E-state index in [-0.39, 0.29) is 5.91 Å². The fourth-order valence-electron chi connectivity index (χ4n) is 1.74. The summed E-state index contributed by atoms with van der Waals surface area (Å²) in [5, 5.41) is 17.0. The number of hydrogen-bond donors (Lipinski definition) is 1. The minimum absolute atomic E-state index is 0.202. The first-order valence-electron chi connectivity index (χ1n) is 5.71. The molecule has 0 spiro atoms. The SMILES string of the molecule is Cc1sc(-n2cnnn2)c(C(=O)Nc2nccs2)c1C. The van der Waals surface area contributed by atoms with Crippen LogP contribution >= 0.6 is 22.7 Å². The highest BCUT2D eigenvalue weighted by Crippen LogP contribution is 2.30. The molecule has 0 saturated carbocycles. The highest BCUT2D eigenvalue weighted by atomic mass is 32.1. The first-order valence-corrected chi connectivity index (χ1v) is 7.40. The van der Waals surface area contributed by atoms with Crippen LogP contribution in [0.3, 0.4) is 0 Å². The molecule has 3 heterocycles. The van der Waals surface area contributed by atoms with Crippen LogP contribution in [0, 0.1) is 13.8 Å². The Kier molecular flexibility index (Phi) is 3.28. The standard InChI is InChI=1S/C11H10N6OS2/c1-6-7(2)20-10(17-5-13-15-16-17)8(6)9(18)14-11-12-3-4-19-11/h3-5H,1-2H3,(H,12,14,18). The number of nitrogens with zero attached hydrogens (tertiary/aromatic N) is 5. The van der Waals surface area contributed by atoms with Gasteiger partial charge in [-0.3, -0.25) is 10.1 Å². The summed E-state index contributed by atoms with van der Waals surface area (Å²) in [6.07, 6.45) is 3.12. The number of aromatic nitrogens is 5. The number of rotatable bonds is 3. The van der Waals surface area contributed by atoms with Gasteiger partial charge < -0.3 is 0 Å². The predicted octanol–water partition coefficient (Wildman–Crippen LogP) is 2.05. The number of carbonyl (C=O) groups is 1. The molecule has 3 aromatic rings. The maximum absolute atomic E-state index is 12.4. The quantitative estimate of drug-likeness (QED) is 0.800. The summed E-state index contributed by atoms with van der Waals surface area (Å²) in [5.74, 6) is -0.202. The van der Waals surface area contributed by atoms with Gasteiger partial charge in [0.05, 0.1) is 5.56 Å². The Hall–Kier alpha value is -2.13. The van der Waals surface area contributed by atoms with Crippen molar-refractivity contribution in [1.29, 1.82) is 0 Å². The minimum atomic E-state index is -0.202. The number of aryl methyl sites for hydroxylation is 1. The topological polar surface area (TPSA) is 85.6 Å². The monoisotopic (exact) mass is 306 g/mol. The van der Waals surface area contributed by atoms with E-state index in [9.17, 15) is 4.79 Å². The molecule has 3 aromatic heterocycles. The van der Waals surface area contributed by atoms with Gasteiger partial charge in [-0.1, -0.05) is 0 Å². The van der Waals surface area contributed by atoms with Crippen molar-refractivity contribution in [2.24, 2.45) is 0 Å². The molecule has 7 nitrogen and oxygen atoms in total. The number of nitrogens with one attached hydrogen (secondary N) is 1. The van der Waals surface area contributed by atoms with Crippen molar-refractivity contribution in [2.75, 3.05) is 5.32 Å². The number of thiophene rings is 1. The highest BCUT2D eigenvalue weighted by Gasteiger charge is 2.22. The molecule has 0 unspecified atom stereocenters. The van der Waals surface area contributed by atoms with Crippen LogP contribution in [0.25, 0.3) is 5.00 Å². The third kappa shape index (κ3) is 2.21. The van der Waals surface area contributed by atoms with Gasteiger partial charge >= 0.3 is 0 Å². The molecule has 0 aliphatic heterocycles. The Labute approximate surface area is 122 Å². The Morgan fingerprint density at radius 3 is 2.90 bits per heavy atom. The Bertz CT molecular complexity index is 731. The fourth-order valence-corrected chi connectivity index (χ4v) is 3.33. The molecule has 3 rings (SSSR count). The van der Waals surface area contributed by atoms with Crippen molar-refractivity contribution in [3.8, 4) is 5.00 Å². The second-order valence-electron chi connectivity index (χ2n) is 4.01. The second kappa shape index (κ2) is 5.10. The molecule has 1 amide bonds. The third-order valence-corrected chi connectivity index (χ3v) is 4.69. The third-order valence-electron chi connectivity index (χ3n) is 2.80. The van der Waals surface area contributed by atoms with E-state index in [1.165, 1.54) is 33.7 Å². The molecular weight excluding hydrogens is 296 g/mol. The summed E-state index contributed by atoms with van der Waals surface area (Å²) in [4.78, 5) is 17.6. The lowest BCUT2D eigenvalue weighted by atomic mass is 10.1. The first kappa shape index (κ1) is 12.9. The average molecular weight is 306 g/mol. The van der Waals surface area contributed by atoms with Crippen molar-refractivity contribution in [3.05, 3.63) is 33.9 Å². The Morgan fingerprint density at radius 1 is 1.40 bits per heavy atom. The van der Waals surface area contributed by atoms with Crippen molar-refractivity contribution < 1.29 is 4.79 Å². The molecule has 0 aliphatic rings. The number of anilines is 1. The summed E-state index contributed by atoms with van der Waals surface area (Å²) in [6, 6.07) is 0. The van der Waals surface area contributed by atoms with Gasteiger partial charge in [0.15, 0.2) is 5.13 Å². The van der Waals surface area contributed by atoms with Crippen molar-refractivity contribution >= 4 is 33.7 Å². The van der Waals surface area contributed by atoms with E-state index in [0.29, 0.717) is 15.7 Å². The summed E-state index contributed by atoms with van der Waals surface area (Å²) < 4.78 is 1.50. The molecule has 0 atom stereocenters. The summed E-state index contributed by atoms with van der Waals surface area (Å²) in [7, 11) is 0.